The van der Waals surface area contributed by atoms with E-state index in [1.807, 2.05) is 6.92 Å². The van der Waals surface area contributed by atoms with E-state index in [1.165, 1.54) is 0 Å². The molecule has 0 aromatic carbocycles. The molecule has 0 bridgehead atoms. The number of aryl methyl sites for hydroxylation is 1. The summed E-state index contributed by atoms with van der Waals surface area (Å²) >= 11 is 1.14. The average Bonchev–Trinajstić information content (AvgIpc) is 2.53. The molecule has 0 aliphatic heterocycles. The number of nitrogens with one attached hydrogen (secondary N) is 1. The highest BCUT2D eigenvalue weighted by molar-refractivity contribution is 7.07. The van der Waals surface area contributed by atoms with Gasteiger partial charge in [-0.15, -0.1) is 6.42 Å². The highest BCUT2D eigenvalue weighted by Gasteiger charge is 2.05. The van der Waals surface area contributed by atoms with Crippen LogP contribution >= 0.6 is 11.3 Å². The van der Waals surface area contributed by atoms with Crippen molar-refractivity contribution in [1.29, 1.82) is 0 Å². The number of hydrogen-bond donors (Lipinski definition) is 1. The molecular formula is C10H12N2O2S. The molecule has 1 N–H and O–H groups in total. The van der Waals surface area contributed by atoms with Crippen molar-refractivity contribution in [2.24, 2.45) is 0 Å². The topological polar surface area (TPSA) is 51.1 Å². The zero-order valence-corrected chi connectivity index (χ0v) is 9.26. The summed E-state index contributed by atoms with van der Waals surface area (Å²) in [6, 6.07) is 0. The van der Waals surface area contributed by atoms with Gasteiger partial charge in [-0.2, -0.15) is 0 Å². The predicted molar refractivity (Wildman–Crippen MR) is 59.8 cm³/mol. The maximum absolute atomic E-state index is 11.3. The van der Waals surface area contributed by atoms with Crippen LogP contribution in [-0.4, -0.2) is 17.0 Å². The van der Waals surface area contributed by atoms with E-state index in [0.717, 1.165) is 17.0 Å². The molecule has 5 heteroatoms. The van der Waals surface area contributed by atoms with E-state index in [1.54, 1.807) is 9.95 Å². The predicted octanol–water partition coefficient (Wildman–Crippen LogP) is 0.358. The molecule has 0 aliphatic carbocycles. The van der Waals surface area contributed by atoms with Crippen molar-refractivity contribution in [3.63, 3.8) is 0 Å². The summed E-state index contributed by atoms with van der Waals surface area (Å²) in [5.74, 6) is 2.18. The van der Waals surface area contributed by atoms with Crippen molar-refractivity contribution in [1.82, 2.24) is 9.88 Å². The van der Waals surface area contributed by atoms with Gasteiger partial charge in [0.05, 0.1) is 6.54 Å². The minimum atomic E-state index is -0.134. The van der Waals surface area contributed by atoms with E-state index in [-0.39, 0.29) is 23.7 Å². The van der Waals surface area contributed by atoms with E-state index in [9.17, 15) is 9.59 Å². The molecule has 0 atom stereocenters. The van der Waals surface area contributed by atoms with Crippen LogP contribution in [0.4, 0.5) is 0 Å². The Hall–Kier alpha value is -1.54. The Morgan fingerprint density at radius 3 is 3.00 bits per heavy atom. The normalized spacial score (nSPS) is 9.60. The lowest BCUT2D eigenvalue weighted by molar-refractivity contribution is -0.121. The molecule has 0 unspecified atom stereocenters. The number of nitrogens with zero attached hydrogens (tertiary/aromatic N) is 1. The van der Waals surface area contributed by atoms with Gasteiger partial charge in [-0.25, -0.2) is 0 Å². The Labute approximate surface area is 91.9 Å². The Balaban J connectivity index is 2.48. The SMILES string of the molecule is C#CCNC(=O)CCn1c(C)csc1=O. The van der Waals surface area contributed by atoms with Crippen LogP contribution in [0, 0.1) is 19.3 Å². The molecule has 0 saturated carbocycles. The Morgan fingerprint density at radius 2 is 2.47 bits per heavy atom. The van der Waals surface area contributed by atoms with Gasteiger partial charge in [-0.1, -0.05) is 17.3 Å². The summed E-state index contributed by atoms with van der Waals surface area (Å²) in [6.07, 6.45) is 5.27. The van der Waals surface area contributed by atoms with Crippen molar-refractivity contribution in [2.45, 2.75) is 19.9 Å². The number of carbonyl (C=O) groups excluding carboxylic acids is 1. The molecule has 0 aliphatic rings. The van der Waals surface area contributed by atoms with Crippen LogP contribution in [0.15, 0.2) is 10.2 Å². The lowest BCUT2D eigenvalue weighted by Crippen LogP contribution is -2.26. The second-order valence-corrected chi connectivity index (χ2v) is 3.85. The average molecular weight is 224 g/mol. The largest absolute Gasteiger partial charge is 0.345 e. The third-order valence-electron chi connectivity index (χ3n) is 1.93. The van der Waals surface area contributed by atoms with Crippen LogP contribution in [0.3, 0.4) is 0 Å². The number of amides is 1. The first kappa shape index (κ1) is 11.5. The molecule has 4 nitrogen and oxygen atoms in total. The van der Waals surface area contributed by atoms with Gasteiger partial charge in [0.25, 0.3) is 0 Å². The lowest BCUT2D eigenvalue weighted by atomic mass is 10.3. The first-order valence-corrected chi connectivity index (χ1v) is 5.38. The van der Waals surface area contributed by atoms with Crippen molar-refractivity contribution in [2.75, 3.05) is 6.54 Å². The first-order valence-electron chi connectivity index (χ1n) is 4.50. The third kappa shape index (κ3) is 3.26. The summed E-state index contributed by atoms with van der Waals surface area (Å²) < 4.78 is 1.58. The molecule has 1 amide bonds. The molecule has 1 aromatic rings. The molecule has 0 saturated heterocycles. The van der Waals surface area contributed by atoms with Crippen molar-refractivity contribution < 1.29 is 4.79 Å². The van der Waals surface area contributed by atoms with E-state index < -0.39 is 0 Å². The van der Waals surface area contributed by atoms with E-state index in [4.69, 9.17) is 6.42 Å². The van der Waals surface area contributed by atoms with Crippen LogP contribution in [0.25, 0.3) is 0 Å². The molecule has 1 aromatic heterocycles. The maximum Gasteiger partial charge on any atom is 0.307 e. The van der Waals surface area contributed by atoms with Crippen LogP contribution in [0.2, 0.25) is 0 Å². The minimum Gasteiger partial charge on any atom is -0.345 e. The summed E-state index contributed by atoms with van der Waals surface area (Å²) in [5.41, 5.74) is 0.884. The van der Waals surface area contributed by atoms with E-state index >= 15 is 0 Å². The third-order valence-corrected chi connectivity index (χ3v) is 2.81. The maximum atomic E-state index is 11.3. The summed E-state index contributed by atoms with van der Waals surface area (Å²) in [7, 11) is 0. The van der Waals surface area contributed by atoms with Gasteiger partial charge in [0.2, 0.25) is 5.91 Å². The van der Waals surface area contributed by atoms with Gasteiger partial charge in [-0.3, -0.25) is 9.59 Å². The fourth-order valence-electron chi connectivity index (χ4n) is 1.13. The number of rotatable bonds is 4. The summed E-state index contributed by atoms with van der Waals surface area (Å²) in [4.78, 5) is 22.5. The molecule has 1 rings (SSSR count). The first-order chi connectivity index (χ1) is 7.15. The highest BCUT2D eigenvalue weighted by atomic mass is 32.1. The van der Waals surface area contributed by atoms with Crippen LogP contribution in [0.5, 0.6) is 0 Å². The molecule has 15 heavy (non-hydrogen) atoms. The molecule has 0 fully saturated rings. The monoisotopic (exact) mass is 224 g/mol. The van der Waals surface area contributed by atoms with Gasteiger partial charge in [0.15, 0.2) is 0 Å². The molecule has 0 radical (unpaired) electrons. The van der Waals surface area contributed by atoms with Crippen LogP contribution in [0.1, 0.15) is 12.1 Å². The van der Waals surface area contributed by atoms with Crippen molar-refractivity contribution in [3.8, 4) is 12.3 Å². The Kier molecular flexibility index (Phi) is 4.13. The zero-order chi connectivity index (χ0) is 11.3. The van der Waals surface area contributed by atoms with Gasteiger partial charge in [0.1, 0.15) is 0 Å². The fourth-order valence-corrected chi connectivity index (χ4v) is 1.89. The van der Waals surface area contributed by atoms with Crippen LogP contribution in [-0.2, 0) is 11.3 Å². The quantitative estimate of drug-likeness (QED) is 0.751. The van der Waals surface area contributed by atoms with E-state index in [0.29, 0.717) is 6.54 Å². The number of thiazole rings is 1. The molecular weight excluding hydrogens is 212 g/mol. The highest BCUT2D eigenvalue weighted by Crippen LogP contribution is 2.00. The molecule has 1 heterocycles. The van der Waals surface area contributed by atoms with Crippen LogP contribution < -0.4 is 10.2 Å². The van der Waals surface area contributed by atoms with Gasteiger partial charge < -0.3 is 9.88 Å². The van der Waals surface area contributed by atoms with Gasteiger partial charge in [0, 0.05) is 24.0 Å². The molecule has 80 valence electrons. The number of terminal acetylenes is 1. The standard InChI is InChI=1S/C10H12N2O2S/c1-3-5-11-9(13)4-6-12-8(2)7-15-10(12)14/h1,7H,4-6H2,2H3,(H,11,13). The number of hydrogen-bond acceptors (Lipinski definition) is 3. The minimum absolute atomic E-state index is 0.0303. The second kappa shape index (κ2) is 5.37. The van der Waals surface area contributed by atoms with Crippen molar-refractivity contribution >= 4 is 17.2 Å². The van der Waals surface area contributed by atoms with Gasteiger partial charge >= 0.3 is 4.87 Å². The fraction of sp³-hybridized carbons (Fsp3) is 0.400. The number of aromatic nitrogens is 1. The smallest absolute Gasteiger partial charge is 0.307 e. The van der Waals surface area contributed by atoms with E-state index in [2.05, 4.69) is 11.2 Å². The summed E-state index contributed by atoms with van der Waals surface area (Å²) in [5, 5.41) is 4.33. The lowest BCUT2D eigenvalue weighted by Gasteiger charge is -2.03. The van der Waals surface area contributed by atoms with Gasteiger partial charge in [-0.05, 0) is 6.92 Å². The Bertz CT molecular complexity index is 439. The Morgan fingerprint density at radius 1 is 1.73 bits per heavy atom. The molecule has 0 spiro atoms. The van der Waals surface area contributed by atoms with Crippen molar-refractivity contribution in [3.05, 3.63) is 20.7 Å². The summed E-state index contributed by atoms with van der Waals surface area (Å²) in [6.45, 7) is 2.48. The number of carbonyl (C=O) groups is 1. The second-order valence-electron chi connectivity index (χ2n) is 3.03. The zero-order valence-electron chi connectivity index (χ0n) is 8.45.